The van der Waals surface area contributed by atoms with E-state index < -0.39 is 5.54 Å². The first-order valence-electron chi connectivity index (χ1n) is 6.88. The number of para-hydroxylation sites is 2. The van der Waals surface area contributed by atoms with Gasteiger partial charge in [0.2, 0.25) is 0 Å². The maximum absolute atomic E-state index is 9.48. The third-order valence-corrected chi connectivity index (χ3v) is 3.76. The normalized spacial score (nSPS) is 13.7. The van der Waals surface area contributed by atoms with Gasteiger partial charge in [0.1, 0.15) is 5.54 Å². The Morgan fingerprint density at radius 2 is 1.81 bits per heavy atom. The number of aryl methyl sites for hydroxylation is 1. The third kappa shape index (κ3) is 2.51. The third-order valence-electron chi connectivity index (χ3n) is 3.76. The summed E-state index contributed by atoms with van der Waals surface area (Å²) < 4.78 is 2.04. The standard InChI is InChI=1S/C17H16N4/c18-12-17(19,14-6-2-1-3-7-14)10-11-21-13-20-15-8-4-5-9-16(15)21/h1-9,13H,10-11,19H2. The molecular formula is C17H16N4. The van der Waals surface area contributed by atoms with Crippen LogP contribution in [0.25, 0.3) is 11.0 Å². The number of nitriles is 1. The molecule has 0 aliphatic carbocycles. The van der Waals surface area contributed by atoms with Crippen LogP contribution < -0.4 is 5.73 Å². The summed E-state index contributed by atoms with van der Waals surface area (Å²) in [5.41, 5.74) is 8.17. The summed E-state index contributed by atoms with van der Waals surface area (Å²) in [6, 6.07) is 19.7. The van der Waals surface area contributed by atoms with Gasteiger partial charge in [0.05, 0.1) is 23.4 Å². The predicted molar refractivity (Wildman–Crippen MR) is 82.3 cm³/mol. The van der Waals surface area contributed by atoms with E-state index in [-0.39, 0.29) is 0 Å². The van der Waals surface area contributed by atoms with Crippen molar-refractivity contribution < 1.29 is 0 Å². The molecule has 1 unspecified atom stereocenters. The number of rotatable bonds is 4. The van der Waals surface area contributed by atoms with Gasteiger partial charge in [0.25, 0.3) is 0 Å². The van der Waals surface area contributed by atoms with Gasteiger partial charge in [-0.2, -0.15) is 5.26 Å². The molecule has 2 N–H and O–H groups in total. The molecule has 0 saturated carbocycles. The van der Waals surface area contributed by atoms with Crippen molar-refractivity contribution in [3.8, 4) is 6.07 Å². The quantitative estimate of drug-likeness (QED) is 0.796. The molecular weight excluding hydrogens is 260 g/mol. The van der Waals surface area contributed by atoms with E-state index in [2.05, 4.69) is 11.1 Å². The Morgan fingerprint density at radius 1 is 1.10 bits per heavy atom. The predicted octanol–water partition coefficient (Wildman–Crippen LogP) is 2.80. The Labute approximate surface area is 123 Å². The van der Waals surface area contributed by atoms with Gasteiger partial charge < -0.3 is 10.3 Å². The number of nitrogens with zero attached hydrogens (tertiary/aromatic N) is 3. The molecule has 0 aliphatic heterocycles. The summed E-state index contributed by atoms with van der Waals surface area (Å²) in [6.07, 6.45) is 2.33. The molecule has 0 amide bonds. The van der Waals surface area contributed by atoms with Gasteiger partial charge in [-0.15, -0.1) is 0 Å². The molecule has 0 bridgehead atoms. The molecule has 0 fully saturated rings. The van der Waals surface area contributed by atoms with Crippen molar-refractivity contribution in [1.82, 2.24) is 9.55 Å². The molecule has 4 nitrogen and oxygen atoms in total. The molecule has 3 aromatic rings. The van der Waals surface area contributed by atoms with E-state index in [1.165, 1.54) is 0 Å². The summed E-state index contributed by atoms with van der Waals surface area (Å²) in [7, 11) is 0. The van der Waals surface area contributed by atoms with E-state index in [1.807, 2.05) is 59.2 Å². The second kappa shape index (κ2) is 5.39. The Morgan fingerprint density at radius 3 is 2.57 bits per heavy atom. The number of nitrogens with two attached hydrogens (primary N) is 1. The topological polar surface area (TPSA) is 67.6 Å². The molecule has 1 aromatic heterocycles. The maximum Gasteiger partial charge on any atom is 0.131 e. The molecule has 21 heavy (non-hydrogen) atoms. The Balaban J connectivity index is 1.85. The highest BCUT2D eigenvalue weighted by Gasteiger charge is 2.26. The molecule has 104 valence electrons. The van der Waals surface area contributed by atoms with Gasteiger partial charge in [0, 0.05) is 13.0 Å². The average molecular weight is 276 g/mol. The fourth-order valence-electron chi connectivity index (χ4n) is 2.49. The van der Waals surface area contributed by atoms with Crippen LogP contribution in [0.4, 0.5) is 0 Å². The molecule has 4 heteroatoms. The molecule has 3 rings (SSSR count). The number of hydrogen-bond donors (Lipinski definition) is 1. The van der Waals surface area contributed by atoms with Crippen LogP contribution in [0.2, 0.25) is 0 Å². The second-order valence-electron chi connectivity index (χ2n) is 5.13. The molecule has 1 atom stereocenters. The zero-order valence-corrected chi connectivity index (χ0v) is 11.6. The van der Waals surface area contributed by atoms with Crippen LogP contribution in [0.5, 0.6) is 0 Å². The van der Waals surface area contributed by atoms with E-state index in [0.29, 0.717) is 13.0 Å². The fraction of sp³-hybridized carbons (Fsp3) is 0.176. The highest BCUT2D eigenvalue weighted by atomic mass is 15.0. The van der Waals surface area contributed by atoms with Crippen LogP contribution in [-0.4, -0.2) is 9.55 Å². The van der Waals surface area contributed by atoms with Crippen molar-refractivity contribution in [2.24, 2.45) is 5.73 Å². The highest BCUT2D eigenvalue weighted by Crippen LogP contribution is 2.23. The Kier molecular flexibility index (Phi) is 3.43. The Bertz CT molecular complexity index is 785. The van der Waals surface area contributed by atoms with E-state index in [0.717, 1.165) is 16.6 Å². The zero-order valence-electron chi connectivity index (χ0n) is 11.6. The van der Waals surface area contributed by atoms with Crippen LogP contribution in [0, 0.1) is 11.3 Å². The van der Waals surface area contributed by atoms with Crippen molar-refractivity contribution in [2.75, 3.05) is 0 Å². The van der Waals surface area contributed by atoms with E-state index in [4.69, 9.17) is 5.73 Å². The fourth-order valence-corrected chi connectivity index (χ4v) is 2.49. The molecule has 1 heterocycles. The van der Waals surface area contributed by atoms with Crippen molar-refractivity contribution >= 4 is 11.0 Å². The lowest BCUT2D eigenvalue weighted by Crippen LogP contribution is -2.36. The number of aromatic nitrogens is 2. The first-order chi connectivity index (χ1) is 10.2. The molecule has 0 radical (unpaired) electrons. The molecule has 0 aliphatic rings. The number of imidazole rings is 1. The van der Waals surface area contributed by atoms with Gasteiger partial charge in [-0.05, 0) is 17.7 Å². The largest absolute Gasteiger partial charge is 0.330 e. The lowest BCUT2D eigenvalue weighted by molar-refractivity contribution is 0.477. The van der Waals surface area contributed by atoms with Crippen LogP contribution in [0.15, 0.2) is 60.9 Å². The van der Waals surface area contributed by atoms with Crippen molar-refractivity contribution in [1.29, 1.82) is 5.26 Å². The minimum atomic E-state index is -0.980. The molecule has 0 saturated heterocycles. The highest BCUT2D eigenvalue weighted by molar-refractivity contribution is 5.74. The van der Waals surface area contributed by atoms with E-state index in [9.17, 15) is 5.26 Å². The van der Waals surface area contributed by atoms with Crippen molar-refractivity contribution in [2.45, 2.75) is 18.5 Å². The Hall–Kier alpha value is -2.64. The van der Waals surface area contributed by atoms with Gasteiger partial charge in [-0.1, -0.05) is 42.5 Å². The lowest BCUT2D eigenvalue weighted by Gasteiger charge is -2.22. The van der Waals surface area contributed by atoms with Crippen LogP contribution in [0.3, 0.4) is 0 Å². The van der Waals surface area contributed by atoms with Gasteiger partial charge in [-0.3, -0.25) is 0 Å². The smallest absolute Gasteiger partial charge is 0.131 e. The molecule has 2 aromatic carbocycles. The first-order valence-corrected chi connectivity index (χ1v) is 6.88. The zero-order chi connectivity index (χ0) is 14.7. The molecule has 0 spiro atoms. The van der Waals surface area contributed by atoms with Crippen molar-refractivity contribution in [3.63, 3.8) is 0 Å². The lowest BCUT2D eigenvalue weighted by atomic mass is 9.89. The summed E-state index contributed by atoms with van der Waals surface area (Å²) >= 11 is 0. The number of hydrogen-bond acceptors (Lipinski definition) is 3. The summed E-state index contributed by atoms with van der Waals surface area (Å²) in [5.74, 6) is 0. The van der Waals surface area contributed by atoms with Gasteiger partial charge >= 0.3 is 0 Å². The van der Waals surface area contributed by atoms with Gasteiger partial charge in [0.15, 0.2) is 0 Å². The average Bonchev–Trinajstić information content (AvgIpc) is 2.97. The minimum absolute atomic E-state index is 0.536. The monoisotopic (exact) mass is 276 g/mol. The van der Waals surface area contributed by atoms with Crippen LogP contribution >= 0.6 is 0 Å². The van der Waals surface area contributed by atoms with Gasteiger partial charge in [-0.25, -0.2) is 4.98 Å². The first kappa shape index (κ1) is 13.3. The SMILES string of the molecule is N#CC(N)(CCn1cnc2ccccc21)c1ccccc1. The minimum Gasteiger partial charge on any atom is -0.330 e. The van der Waals surface area contributed by atoms with Crippen molar-refractivity contribution in [3.05, 3.63) is 66.5 Å². The maximum atomic E-state index is 9.48. The van der Waals surface area contributed by atoms with E-state index >= 15 is 0 Å². The summed E-state index contributed by atoms with van der Waals surface area (Å²) in [5, 5.41) is 9.48. The second-order valence-corrected chi connectivity index (χ2v) is 5.13. The summed E-state index contributed by atoms with van der Waals surface area (Å²) in [6.45, 7) is 0.652. The number of benzene rings is 2. The van der Waals surface area contributed by atoms with Crippen LogP contribution in [0.1, 0.15) is 12.0 Å². The van der Waals surface area contributed by atoms with E-state index in [1.54, 1.807) is 6.33 Å². The number of fused-ring (bicyclic) bond motifs is 1. The van der Waals surface area contributed by atoms with Crippen LogP contribution in [-0.2, 0) is 12.1 Å². The summed E-state index contributed by atoms with van der Waals surface area (Å²) in [4.78, 5) is 4.36.